The van der Waals surface area contributed by atoms with Gasteiger partial charge in [-0.1, -0.05) is 50.1 Å². The first-order valence-corrected chi connectivity index (χ1v) is 8.19. The molecule has 2 nitrogen and oxygen atoms in total. The smallest absolute Gasteiger partial charge is 0.141 e. The van der Waals surface area contributed by atoms with Crippen LogP contribution < -0.4 is 5.32 Å². The molecule has 1 unspecified atom stereocenters. The molecule has 1 saturated carbocycles. The fourth-order valence-electron chi connectivity index (χ4n) is 2.70. The van der Waals surface area contributed by atoms with Crippen molar-refractivity contribution in [1.82, 2.24) is 5.32 Å². The van der Waals surface area contributed by atoms with Crippen LogP contribution in [-0.4, -0.2) is 17.5 Å². The summed E-state index contributed by atoms with van der Waals surface area (Å²) in [5.74, 6) is 0.839. The SMILES string of the molecule is CCNC(C#N)(CSC1CCCC1)c1ccccc1. The summed E-state index contributed by atoms with van der Waals surface area (Å²) in [6.45, 7) is 2.88. The van der Waals surface area contributed by atoms with Crippen LogP contribution in [0.2, 0.25) is 0 Å². The fraction of sp³-hybridized carbons (Fsp3) is 0.562. The molecule has 0 amide bonds. The normalized spacial score (nSPS) is 18.9. The van der Waals surface area contributed by atoms with Crippen molar-refractivity contribution in [2.75, 3.05) is 12.3 Å². The molecule has 1 fully saturated rings. The minimum Gasteiger partial charge on any atom is -0.295 e. The van der Waals surface area contributed by atoms with Gasteiger partial charge in [-0.05, 0) is 24.9 Å². The van der Waals surface area contributed by atoms with Crippen LogP contribution in [0.15, 0.2) is 30.3 Å². The molecule has 0 spiro atoms. The average molecular weight is 274 g/mol. The zero-order valence-electron chi connectivity index (χ0n) is 11.6. The van der Waals surface area contributed by atoms with Crippen LogP contribution in [0.4, 0.5) is 0 Å². The Morgan fingerprint density at radius 3 is 2.58 bits per heavy atom. The van der Waals surface area contributed by atoms with E-state index in [2.05, 4.69) is 30.4 Å². The van der Waals surface area contributed by atoms with Crippen molar-refractivity contribution in [3.63, 3.8) is 0 Å². The van der Waals surface area contributed by atoms with E-state index in [1.807, 2.05) is 30.0 Å². The third-order valence-electron chi connectivity index (χ3n) is 3.77. The van der Waals surface area contributed by atoms with Gasteiger partial charge >= 0.3 is 0 Å². The summed E-state index contributed by atoms with van der Waals surface area (Å²) < 4.78 is 0. The number of benzene rings is 1. The molecule has 1 aliphatic rings. The van der Waals surface area contributed by atoms with Crippen molar-refractivity contribution >= 4 is 11.8 Å². The quantitative estimate of drug-likeness (QED) is 0.859. The lowest BCUT2D eigenvalue weighted by Gasteiger charge is -2.29. The highest BCUT2D eigenvalue weighted by Gasteiger charge is 2.32. The van der Waals surface area contributed by atoms with Crippen LogP contribution in [0.5, 0.6) is 0 Å². The van der Waals surface area contributed by atoms with Crippen molar-refractivity contribution < 1.29 is 0 Å². The largest absolute Gasteiger partial charge is 0.295 e. The molecule has 0 aliphatic heterocycles. The van der Waals surface area contributed by atoms with Crippen LogP contribution in [0.1, 0.15) is 38.2 Å². The van der Waals surface area contributed by atoms with E-state index in [1.54, 1.807) is 0 Å². The van der Waals surface area contributed by atoms with E-state index in [-0.39, 0.29) is 0 Å². The molecule has 1 atom stereocenters. The zero-order valence-corrected chi connectivity index (χ0v) is 12.4. The van der Waals surface area contributed by atoms with E-state index in [9.17, 15) is 5.26 Å². The maximum atomic E-state index is 9.71. The molecule has 1 aromatic rings. The van der Waals surface area contributed by atoms with Crippen molar-refractivity contribution in [2.24, 2.45) is 0 Å². The highest BCUT2D eigenvalue weighted by molar-refractivity contribution is 8.00. The van der Waals surface area contributed by atoms with Gasteiger partial charge in [-0.25, -0.2) is 0 Å². The van der Waals surface area contributed by atoms with Crippen LogP contribution in [0.3, 0.4) is 0 Å². The van der Waals surface area contributed by atoms with Gasteiger partial charge < -0.3 is 0 Å². The fourth-order valence-corrected chi connectivity index (χ4v) is 4.18. The van der Waals surface area contributed by atoms with Crippen molar-refractivity contribution in [1.29, 1.82) is 5.26 Å². The number of thioether (sulfide) groups is 1. The Labute approximate surface area is 120 Å². The minimum absolute atomic E-state index is 0.538. The Morgan fingerprint density at radius 1 is 1.32 bits per heavy atom. The summed E-state index contributed by atoms with van der Waals surface area (Å²) in [5, 5.41) is 13.9. The van der Waals surface area contributed by atoms with Gasteiger partial charge in [0.25, 0.3) is 0 Å². The molecular weight excluding hydrogens is 252 g/mol. The van der Waals surface area contributed by atoms with E-state index < -0.39 is 5.54 Å². The van der Waals surface area contributed by atoms with E-state index in [0.29, 0.717) is 0 Å². The van der Waals surface area contributed by atoms with E-state index in [4.69, 9.17) is 0 Å². The molecule has 1 aliphatic carbocycles. The lowest BCUT2D eigenvalue weighted by molar-refractivity contribution is 0.489. The maximum absolute atomic E-state index is 9.71. The first kappa shape index (κ1) is 14.4. The summed E-state index contributed by atoms with van der Waals surface area (Å²) in [7, 11) is 0. The number of hydrogen-bond donors (Lipinski definition) is 1. The Balaban J connectivity index is 2.12. The minimum atomic E-state index is -0.538. The predicted molar refractivity (Wildman–Crippen MR) is 82.1 cm³/mol. The number of nitrogens with zero attached hydrogens (tertiary/aromatic N) is 1. The summed E-state index contributed by atoms with van der Waals surface area (Å²) in [4.78, 5) is 0. The molecular formula is C16H22N2S. The average Bonchev–Trinajstić information content (AvgIpc) is 2.98. The molecule has 2 rings (SSSR count). The van der Waals surface area contributed by atoms with Crippen LogP contribution in [0, 0.1) is 11.3 Å². The molecule has 19 heavy (non-hydrogen) atoms. The van der Waals surface area contributed by atoms with Gasteiger partial charge in [0.05, 0.1) is 6.07 Å². The van der Waals surface area contributed by atoms with Crippen LogP contribution >= 0.6 is 11.8 Å². The first-order chi connectivity index (χ1) is 9.30. The Morgan fingerprint density at radius 2 is 2.00 bits per heavy atom. The Hall–Kier alpha value is -0.980. The number of hydrogen-bond acceptors (Lipinski definition) is 3. The molecule has 1 aromatic carbocycles. The number of nitriles is 1. The molecule has 0 heterocycles. The summed E-state index contributed by atoms with van der Waals surface area (Å²) in [6, 6.07) is 12.7. The maximum Gasteiger partial charge on any atom is 0.141 e. The molecule has 3 heteroatoms. The van der Waals surface area contributed by atoms with Gasteiger partial charge in [0.2, 0.25) is 0 Å². The molecule has 1 N–H and O–H groups in total. The van der Waals surface area contributed by atoms with Crippen molar-refractivity contribution in [2.45, 2.75) is 43.4 Å². The topological polar surface area (TPSA) is 35.8 Å². The third-order valence-corrected chi connectivity index (χ3v) is 5.32. The summed E-state index contributed by atoms with van der Waals surface area (Å²) in [5.41, 5.74) is 0.549. The second-order valence-electron chi connectivity index (χ2n) is 5.13. The monoisotopic (exact) mass is 274 g/mol. The van der Waals surface area contributed by atoms with Gasteiger partial charge in [0.1, 0.15) is 5.54 Å². The van der Waals surface area contributed by atoms with Gasteiger partial charge in [-0.15, -0.1) is 0 Å². The standard InChI is InChI=1S/C16H22N2S/c1-2-18-16(12-17,14-8-4-3-5-9-14)13-19-15-10-6-7-11-15/h3-5,8-9,15,18H,2,6-7,10-11,13H2,1H3. The summed E-state index contributed by atoms with van der Waals surface area (Å²) in [6.07, 6.45) is 5.33. The highest BCUT2D eigenvalue weighted by Crippen LogP contribution is 2.34. The van der Waals surface area contributed by atoms with Crippen LogP contribution in [0.25, 0.3) is 0 Å². The molecule has 0 saturated heterocycles. The third kappa shape index (κ3) is 3.52. The molecule has 0 radical (unpaired) electrons. The van der Waals surface area contributed by atoms with Crippen LogP contribution in [-0.2, 0) is 5.54 Å². The van der Waals surface area contributed by atoms with E-state index >= 15 is 0 Å². The van der Waals surface area contributed by atoms with E-state index in [0.717, 1.165) is 23.1 Å². The van der Waals surface area contributed by atoms with E-state index in [1.165, 1.54) is 25.7 Å². The van der Waals surface area contributed by atoms with Gasteiger partial charge in [0, 0.05) is 11.0 Å². The number of nitrogens with one attached hydrogen (secondary N) is 1. The molecule has 0 bridgehead atoms. The Bertz CT molecular complexity index is 420. The van der Waals surface area contributed by atoms with Crippen molar-refractivity contribution in [3.05, 3.63) is 35.9 Å². The van der Waals surface area contributed by atoms with Gasteiger partial charge in [-0.3, -0.25) is 5.32 Å². The number of rotatable bonds is 6. The Kier molecular flexibility index (Phi) is 5.30. The second-order valence-corrected chi connectivity index (χ2v) is 6.42. The lowest BCUT2D eigenvalue weighted by Crippen LogP contribution is -2.43. The van der Waals surface area contributed by atoms with Crippen molar-refractivity contribution in [3.8, 4) is 6.07 Å². The predicted octanol–water partition coefficient (Wildman–Crippen LogP) is 3.69. The first-order valence-electron chi connectivity index (χ1n) is 7.14. The van der Waals surface area contributed by atoms with Gasteiger partial charge in [-0.2, -0.15) is 17.0 Å². The molecule has 102 valence electrons. The highest BCUT2D eigenvalue weighted by atomic mass is 32.2. The molecule has 0 aromatic heterocycles. The summed E-state index contributed by atoms with van der Waals surface area (Å²) >= 11 is 1.97. The van der Waals surface area contributed by atoms with Gasteiger partial charge in [0.15, 0.2) is 0 Å². The second kappa shape index (κ2) is 6.98. The lowest BCUT2D eigenvalue weighted by atomic mass is 9.93. The zero-order chi connectivity index (χ0) is 13.6.